The Morgan fingerprint density at radius 3 is 1.73 bits per heavy atom. The van der Waals surface area contributed by atoms with Crippen LogP contribution >= 0.6 is 10.0 Å². The molecule has 3 heteroatoms. The first-order valence-corrected chi connectivity index (χ1v) is 12.9. The molecule has 0 unspecified atom stereocenters. The molecular formula is C30H21BOS. The van der Waals surface area contributed by atoms with Gasteiger partial charge in [0.15, 0.2) is 0 Å². The van der Waals surface area contributed by atoms with E-state index in [1.807, 2.05) is 0 Å². The second-order valence-corrected chi connectivity index (χ2v) is 11.6. The topological polar surface area (TPSA) is 9.23 Å². The van der Waals surface area contributed by atoms with Gasteiger partial charge in [0.05, 0.1) is 0 Å². The van der Waals surface area contributed by atoms with E-state index in [2.05, 4.69) is 127 Å². The van der Waals surface area contributed by atoms with Crippen molar-refractivity contribution in [2.24, 2.45) is 0 Å². The zero-order valence-corrected chi connectivity index (χ0v) is 18.8. The summed E-state index contributed by atoms with van der Waals surface area (Å²) in [6.07, 6.45) is 0. The quantitative estimate of drug-likeness (QED) is 0.301. The van der Waals surface area contributed by atoms with Crippen LogP contribution < -0.4 is 21.1 Å². The van der Waals surface area contributed by atoms with Gasteiger partial charge in [-0.05, 0) is 64.4 Å². The predicted octanol–water partition coefficient (Wildman–Crippen LogP) is 5.96. The summed E-state index contributed by atoms with van der Waals surface area (Å²) in [7, 11) is -1.69. The standard InChI is InChI=1S/C30H21BOS/c1-3-12-22(13-4-1)33(23-14-5-2-6-15-23)28-20-10-8-17-25(28)31-24-16-7-9-18-26(24)32-27-19-11-21-29(33)30(27)31/h1-21H. The van der Waals surface area contributed by atoms with Crippen LogP contribution in [0, 0.1) is 0 Å². The minimum atomic E-state index is -1.69. The minimum absolute atomic E-state index is 0.172. The molecule has 1 nitrogen and oxygen atoms in total. The first-order chi connectivity index (χ1) is 16.4. The zero-order chi connectivity index (χ0) is 21.8. The molecule has 2 aliphatic heterocycles. The van der Waals surface area contributed by atoms with E-state index in [1.165, 1.54) is 36.0 Å². The van der Waals surface area contributed by atoms with Crippen molar-refractivity contribution in [1.29, 1.82) is 0 Å². The molecule has 0 atom stereocenters. The molecule has 0 spiro atoms. The van der Waals surface area contributed by atoms with E-state index >= 15 is 0 Å². The molecule has 0 saturated heterocycles. The molecule has 0 amide bonds. The molecule has 0 aromatic heterocycles. The highest BCUT2D eigenvalue weighted by atomic mass is 32.3. The van der Waals surface area contributed by atoms with Gasteiger partial charge >= 0.3 is 0 Å². The van der Waals surface area contributed by atoms with E-state index in [0.29, 0.717) is 0 Å². The third-order valence-corrected chi connectivity index (χ3v) is 10.9. The van der Waals surface area contributed by atoms with Crippen molar-refractivity contribution >= 4 is 33.1 Å². The minimum Gasteiger partial charge on any atom is -0.458 e. The predicted molar refractivity (Wildman–Crippen MR) is 138 cm³/mol. The Balaban J connectivity index is 1.68. The maximum absolute atomic E-state index is 6.52. The number of fused-ring (bicyclic) bond motifs is 4. The van der Waals surface area contributed by atoms with Crippen molar-refractivity contribution in [3.8, 4) is 11.5 Å². The highest BCUT2D eigenvalue weighted by Gasteiger charge is 2.47. The van der Waals surface area contributed by atoms with E-state index in [9.17, 15) is 0 Å². The molecular weight excluding hydrogens is 419 g/mol. The molecule has 156 valence electrons. The molecule has 0 radical (unpaired) electrons. The molecule has 2 heterocycles. The number of rotatable bonds is 2. The van der Waals surface area contributed by atoms with Crippen molar-refractivity contribution in [2.75, 3.05) is 0 Å². The van der Waals surface area contributed by atoms with Gasteiger partial charge in [0.2, 0.25) is 0 Å². The Bertz CT molecular complexity index is 1460. The van der Waals surface area contributed by atoms with Gasteiger partial charge in [0.25, 0.3) is 6.71 Å². The number of ether oxygens (including phenoxy) is 1. The lowest BCUT2D eigenvalue weighted by Gasteiger charge is -2.49. The zero-order valence-electron chi connectivity index (χ0n) is 18.0. The molecule has 0 fully saturated rings. The molecule has 5 aromatic carbocycles. The normalized spacial score (nSPS) is 15.5. The first-order valence-electron chi connectivity index (χ1n) is 11.3. The van der Waals surface area contributed by atoms with E-state index in [4.69, 9.17) is 4.74 Å². The number of hydrogen-bond donors (Lipinski definition) is 0. The van der Waals surface area contributed by atoms with Crippen molar-refractivity contribution in [2.45, 2.75) is 19.6 Å². The van der Waals surface area contributed by atoms with Crippen molar-refractivity contribution in [3.63, 3.8) is 0 Å². The first kappa shape index (κ1) is 18.8. The summed E-state index contributed by atoms with van der Waals surface area (Å²) in [5, 5.41) is 0. The van der Waals surface area contributed by atoms with Gasteiger partial charge in [-0.2, -0.15) is 0 Å². The van der Waals surface area contributed by atoms with Gasteiger partial charge in [0, 0.05) is 14.7 Å². The molecule has 0 bridgehead atoms. The maximum Gasteiger partial charge on any atom is 0.253 e. The number of benzene rings is 5. The van der Waals surface area contributed by atoms with Crippen molar-refractivity contribution in [3.05, 3.63) is 127 Å². The summed E-state index contributed by atoms with van der Waals surface area (Å²) in [4.78, 5) is 5.52. The van der Waals surface area contributed by atoms with Crippen LogP contribution in [0.2, 0.25) is 0 Å². The Labute approximate surface area is 196 Å². The third kappa shape index (κ3) is 2.51. The monoisotopic (exact) mass is 440 g/mol. The van der Waals surface area contributed by atoms with Crippen molar-refractivity contribution < 1.29 is 4.74 Å². The maximum atomic E-state index is 6.52. The Kier molecular flexibility index (Phi) is 4.09. The lowest BCUT2D eigenvalue weighted by Crippen LogP contribution is -2.59. The summed E-state index contributed by atoms with van der Waals surface area (Å²) in [6.45, 7) is 0.172. The second-order valence-electron chi connectivity index (χ2n) is 8.52. The third-order valence-electron chi connectivity index (χ3n) is 6.85. The van der Waals surface area contributed by atoms with E-state index in [1.54, 1.807) is 0 Å². The smallest absolute Gasteiger partial charge is 0.253 e. The Hall–Kier alpha value is -3.69. The van der Waals surface area contributed by atoms with Crippen LogP contribution in [0.4, 0.5) is 0 Å². The second kappa shape index (κ2) is 7.16. The van der Waals surface area contributed by atoms with Crippen LogP contribution in [-0.4, -0.2) is 6.71 Å². The average Bonchev–Trinajstić information content (AvgIpc) is 2.90. The fourth-order valence-electron chi connectivity index (χ4n) is 5.58. The Morgan fingerprint density at radius 1 is 0.455 bits per heavy atom. The molecule has 7 rings (SSSR count). The number of hydrogen-bond acceptors (Lipinski definition) is 1. The SMILES string of the molecule is c1ccc(S2(c3ccccc3)c3ccccc3B3c4ccccc4Oc4cccc2c43)cc1. The summed E-state index contributed by atoms with van der Waals surface area (Å²) in [5.41, 5.74) is 3.95. The Morgan fingerprint density at radius 2 is 1.00 bits per heavy atom. The van der Waals surface area contributed by atoms with Gasteiger partial charge in [-0.1, -0.05) is 84.3 Å². The lowest BCUT2D eigenvalue weighted by molar-refractivity contribution is 0.486. The van der Waals surface area contributed by atoms with Crippen LogP contribution in [0.25, 0.3) is 0 Å². The summed E-state index contributed by atoms with van der Waals surface area (Å²) in [5.74, 6) is 1.94. The molecule has 0 N–H and O–H groups in total. The van der Waals surface area contributed by atoms with E-state index in [-0.39, 0.29) is 6.71 Å². The van der Waals surface area contributed by atoms with Crippen LogP contribution in [-0.2, 0) is 0 Å². The molecule has 5 aromatic rings. The summed E-state index contributed by atoms with van der Waals surface area (Å²) >= 11 is 0. The fourth-order valence-corrected chi connectivity index (χ4v) is 9.89. The molecule has 33 heavy (non-hydrogen) atoms. The van der Waals surface area contributed by atoms with Gasteiger partial charge < -0.3 is 4.74 Å². The van der Waals surface area contributed by atoms with Gasteiger partial charge in [-0.25, -0.2) is 0 Å². The van der Waals surface area contributed by atoms with Crippen molar-refractivity contribution in [1.82, 2.24) is 0 Å². The van der Waals surface area contributed by atoms with Gasteiger partial charge in [0.1, 0.15) is 11.5 Å². The highest BCUT2D eigenvalue weighted by Crippen LogP contribution is 2.73. The van der Waals surface area contributed by atoms with Gasteiger partial charge in [-0.3, -0.25) is 0 Å². The van der Waals surface area contributed by atoms with E-state index < -0.39 is 10.0 Å². The van der Waals surface area contributed by atoms with Crippen LogP contribution in [0.15, 0.2) is 147 Å². The highest BCUT2D eigenvalue weighted by molar-refractivity contribution is 8.34. The average molecular weight is 440 g/mol. The van der Waals surface area contributed by atoms with Crippen LogP contribution in [0.1, 0.15) is 0 Å². The van der Waals surface area contributed by atoms with Crippen LogP contribution in [0.5, 0.6) is 11.5 Å². The molecule has 0 saturated carbocycles. The van der Waals surface area contributed by atoms with Crippen LogP contribution in [0.3, 0.4) is 0 Å². The van der Waals surface area contributed by atoms with E-state index in [0.717, 1.165) is 11.5 Å². The van der Waals surface area contributed by atoms with Gasteiger partial charge in [-0.15, -0.1) is 10.0 Å². The molecule has 2 aliphatic rings. The summed E-state index contributed by atoms with van der Waals surface area (Å²) < 4.78 is 6.52. The molecule has 0 aliphatic carbocycles. The summed E-state index contributed by atoms with van der Waals surface area (Å²) in [6, 6.07) is 46.3. The largest absolute Gasteiger partial charge is 0.458 e. The lowest BCUT2D eigenvalue weighted by atomic mass is 9.35. The number of para-hydroxylation sites is 1. The fraction of sp³-hybridized carbons (Fsp3) is 0.